The van der Waals surface area contributed by atoms with E-state index in [1.54, 1.807) is 6.92 Å². The maximum Gasteiger partial charge on any atom is 0.244 e. The second kappa shape index (κ2) is 12.5. The van der Waals surface area contributed by atoms with Gasteiger partial charge in [0.25, 0.3) is 0 Å². The van der Waals surface area contributed by atoms with Gasteiger partial charge in [0.2, 0.25) is 21.8 Å². The number of nitrogens with one attached hydrogen (secondary N) is 1. The second-order valence-corrected chi connectivity index (χ2v) is 10.8. The van der Waals surface area contributed by atoms with Gasteiger partial charge in [0.15, 0.2) is 0 Å². The van der Waals surface area contributed by atoms with Crippen molar-refractivity contribution in [3.63, 3.8) is 0 Å². The Kier molecular flexibility index (Phi) is 9.41. The zero-order valence-corrected chi connectivity index (χ0v) is 22.0. The van der Waals surface area contributed by atoms with Crippen molar-refractivity contribution in [2.24, 2.45) is 0 Å². The summed E-state index contributed by atoms with van der Waals surface area (Å²) < 4.78 is 39.7. The van der Waals surface area contributed by atoms with Crippen molar-refractivity contribution in [3.8, 4) is 0 Å². The number of anilines is 1. The van der Waals surface area contributed by atoms with Crippen LogP contribution in [-0.2, 0) is 32.6 Å². The van der Waals surface area contributed by atoms with Gasteiger partial charge in [-0.15, -0.1) is 0 Å². The van der Waals surface area contributed by atoms with Crippen molar-refractivity contribution in [1.82, 2.24) is 10.2 Å². The molecule has 3 rings (SSSR count). The Morgan fingerprint density at radius 3 is 2.19 bits per heavy atom. The van der Waals surface area contributed by atoms with E-state index in [1.807, 2.05) is 61.5 Å². The van der Waals surface area contributed by atoms with E-state index in [0.717, 1.165) is 39.4 Å². The lowest BCUT2D eigenvalue weighted by atomic mass is 10.0. The first-order valence-electron chi connectivity index (χ1n) is 12.0. The summed E-state index contributed by atoms with van der Waals surface area (Å²) in [6.07, 6.45) is 1.24. The molecule has 0 bridgehead atoms. The minimum atomic E-state index is -3.89. The van der Waals surface area contributed by atoms with Gasteiger partial charge in [-0.25, -0.2) is 12.8 Å². The van der Waals surface area contributed by atoms with E-state index in [1.165, 1.54) is 17.0 Å². The first-order chi connectivity index (χ1) is 17.6. The standard InChI is InChI=1S/C28H32FN3O4S/c1-4-30-28(34)26(18-22-10-6-5-7-11-22)31(19-23-12-8-9-21(2)17-23)27(33)20-32(37(3,35)36)25-15-13-24(29)14-16-25/h5-17,26H,4,18-20H2,1-3H3,(H,30,34)/t26-/m1/s1. The van der Waals surface area contributed by atoms with Crippen LogP contribution in [0.15, 0.2) is 78.9 Å². The van der Waals surface area contributed by atoms with Gasteiger partial charge < -0.3 is 10.2 Å². The first kappa shape index (κ1) is 27.9. The lowest BCUT2D eigenvalue weighted by Crippen LogP contribution is -2.53. The number of likely N-dealkylation sites (N-methyl/N-ethyl adjacent to an activating group) is 1. The molecule has 9 heteroatoms. The zero-order chi connectivity index (χ0) is 27.0. The summed E-state index contributed by atoms with van der Waals surface area (Å²) >= 11 is 0. The number of rotatable bonds is 11. The van der Waals surface area contributed by atoms with Crippen LogP contribution >= 0.6 is 0 Å². The molecule has 0 aromatic heterocycles. The quantitative estimate of drug-likeness (QED) is 0.414. The van der Waals surface area contributed by atoms with Crippen LogP contribution in [0.4, 0.5) is 10.1 Å². The average Bonchev–Trinajstić information content (AvgIpc) is 2.85. The Hall–Kier alpha value is -3.72. The SMILES string of the molecule is CCNC(=O)[C@@H](Cc1ccccc1)N(Cc1cccc(C)c1)C(=O)CN(c1ccc(F)cc1)S(C)(=O)=O. The molecule has 0 aliphatic carbocycles. The lowest BCUT2D eigenvalue weighted by molar-refractivity contribution is -0.140. The maximum absolute atomic E-state index is 13.8. The topological polar surface area (TPSA) is 86.8 Å². The minimum absolute atomic E-state index is 0.107. The molecule has 0 spiro atoms. The zero-order valence-electron chi connectivity index (χ0n) is 21.2. The molecule has 196 valence electrons. The molecule has 2 amide bonds. The fraction of sp³-hybridized carbons (Fsp3) is 0.286. The molecule has 1 N–H and O–H groups in total. The van der Waals surface area contributed by atoms with Crippen LogP contribution in [0.3, 0.4) is 0 Å². The van der Waals surface area contributed by atoms with Crippen LogP contribution in [0.2, 0.25) is 0 Å². The molecule has 0 heterocycles. The van der Waals surface area contributed by atoms with Crippen LogP contribution < -0.4 is 9.62 Å². The number of nitrogens with zero attached hydrogens (tertiary/aromatic N) is 2. The van der Waals surface area contributed by atoms with Gasteiger partial charge in [-0.2, -0.15) is 0 Å². The van der Waals surface area contributed by atoms with E-state index in [2.05, 4.69) is 5.32 Å². The number of carbonyl (C=O) groups excluding carboxylic acids is 2. The van der Waals surface area contributed by atoms with Gasteiger partial charge in [0.1, 0.15) is 18.4 Å². The summed E-state index contributed by atoms with van der Waals surface area (Å²) in [5.41, 5.74) is 2.82. The highest BCUT2D eigenvalue weighted by Gasteiger charge is 2.32. The summed E-state index contributed by atoms with van der Waals surface area (Å²) in [4.78, 5) is 28.5. The molecular formula is C28H32FN3O4S. The number of amides is 2. The summed E-state index contributed by atoms with van der Waals surface area (Å²) in [7, 11) is -3.89. The molecule has 0 aliphatic rings. The van der Waals surface area contributed by atoms with E-state index in [-0.39, 0.29) is 24.6 Å². The number of carbonyl (C=O) groups is 2. The third-order valence-electron chi connectivity index (χ3n) is 5.85. The summed E-state index contributed by atoms with van der Waals surface area (Å²) in [5.74, 6) is -1.41. The third kappa shape index (κ3) is 7.88. The van der Waals surface area contributed by atoms with Gasteiger partial charge >= 0.3 is 0 Å². The second-order valence-electron chi connectivity index (χ2n) is 8.86. The van der Waals surface area contributed by atoms with Crippen molar-refractivity contribution in [1.29, 1.82) is 0 Å². The largest absolute Gasteiger partial charge is 0.355 e. The normalized spacial score (nSPS) is 12.0. The summed E-state index contributed by atoms with van der Waals surface area (Å²) in [6.45, 7) is 3.67. The van der Waals surface area contributed by atoms with Crippen molar-refractivity contribution >= 4 is 27.5 Å². The molecule has 0 unspecified atom stereocenters. The van der Waals surface area contributed by atoms with Crippen LogP contribution in [0.25, 0.3) is 0 Å². The number of benzene rings is 3. The molecule has 37 heavy (non-hydrogen) atoms. The van der Waals surface area contributed by atoms with Crippen molar-refractivity contribution in [2.45, 2.75) is 32.9 Å². The molecule has 7 nitrogen and oxygen atoms in total. The number of hydrogen-bond donors (Lipinski definition) is 1. The average molecular weight is 526 g/mol. The van der Waals surface area contributed by atoms with Gasteiger partial charge in [-0.05, 0) is 49.2 Å². The Morgan fingerprint density at radius 1 is 0.946 bits per heavy atom. The van der Waals surface area contributed by atoms with Crippen LogP contribution in [0, 0.1) is 12.7 Å². The molecular weight excluding hydrogens is 493 g/mol. The van der Waals surface area contributed by atoms with E-state index < -0.39 is 34.3 Å². The highest BCUT2D eigenvalue weighted by Crippen LogP contribution is 2.21. The van der Waals surface area contributed by atoms with E-state index in [4.69, 9.17) is 0 Å². The molecule has 0 radical (unpaired) electrons. The summed E-state index contributed by atoms with van der Waals surface area (Å²) in [5, 5.41) is 2.81. The fourth-order valence-corrected chi connectivity index (χ4v) is 4.92. The highest BCUT2D eigenvalue weighted by atomic mass is 32.2. The fourth-order valence-electron chi connectivity index (χ4n) is 4.07. The van der Waals surface area contributed by atoms with Gasteiger partial charge in [0, 0.05) is 19.5 Å². The molecule has 0 aliphatic heterocycles. The van der Waals surface area contributed by atoms with Crippen molar-refractivity contribution in [3.05, 3.63) is 101 Å². The number of halogens is 1. The molecule has 0 saturated carbocycles. The Balaban J connectivity index is 2.03. The molecule has 0 fully saturated rings. The van der Waals surface area contributed by atoms with Crippen LogP contribution in [0.5, 0.6) is 0 Å². The van der Waals surface area contributed by atoms with Gasteiger partial charge in [0.05, 0.1) is 11.9 Å². The Bertz CT molecular complexity index is 1310. The number of hydrogen-bond acceptors (Lipinski definition) is 4. The van der Waals surface area contributed by atoms with Gasteiger partial charge in [-0.3, -0.25) is 13.9 Å². The predicted molar refractivity (Wildman–Crippen MR) is 143 cm³/mol. The van der Waals surface area contributed by atoms with Crippen molar-refractivity contribution in [2.75, 3.05) is 23.7 Å². The smallest absolute Gasteiger partial charge is 0.244 e. The van der Waals surface area contributed by atoms with E-state index in [0.29, 0.717) is 6.54 Å². The molecule has 3 aromatic carbocycles. The van der Waals surface area contributed by atoms with Crippen LogP contribution in [-0.4, -0.2) is 50.5 Å². The summed E-state index contributed by atoms with van der Waals surface area (Å²) in [6, 6.07) is 20.9. The Labute approximate surface area is 218 Å². The molecule has 3 aromatic rings. The monoisotopic (exact) mass is 525 g/mol. The molecule has 1 atom stereocenters. The minimum Gasteiger partial charge on any atom is -0.355 e. The van der Waals surface area contributed by atoms with Crippen LogP contribution in [0.1, 0.15) is 23.6 Å². The predicted octanol–water partition coefficient (Wildman–Crippen LogP) is 3.68. The van der Waals surface area contributed by atoms with E-state index >= 15 is 0 Å². The number of sulfonamides is 1. The third-order valence-corrected chi connectivity index (χ3v) is 6.99. The molecule has 0 saturated heterocycles. The first-order valence-corrected chi connectivity index (χ1v) is 13.8. The maximum atomic E-state index is 13.8. The Morgan fingerprint density at radius 2 is 1.59 bits per heavy atom. The lowest BCUT2D eigenvalue weighted by Gasteiger charge is -2.33. The number of aryl methyl sites for hydroxylation is 1. The van der Waals surface area contributed by atoms with Gasteiger partial charge in [-0.1, -0.05) is 60.2 Å². The van der Waals surface area contributed by atoms with Crippen molar-refractivity contribution < 1.29 is 22.4 Å². The highest BCUT2D eigenvalue weighted by molar-refractivity contribution is 7.92. The van der Waals surface area contributed by atoms with E-state index in [9.17, 15) is 22.4 Å².